The van der Waals surface area contributed by atoms with Crippen molar-refractivity contribution in [2.45, 2.75) is 6.54 Å². The molecule has 0 saturated heterocycles. The molecule has 0 aliphatic rings. The van der Waals surface area contributed by atoms with E-state index in [1.165, 1.54) is 0 Å². The van der Waals surface area contributed by atoms with Crippen LogP contribution in [0, 0.1) is 0 Å². The van der Waals surface area contributed by atoms with Crippen molar-refractivity contribution in [3.63, 3.8) is 0 Å². The van der Waals surface area contributed by atoms with Crippen LogP contribution in [0.5, 0.6) is 0 Å². The van der Waals surface area contributed by atoms with Crippen molar-refractivity contribution in [2.75, 3.05) is 20.3 Å². The SMILES string of the molecule is COCCNCc1ccoc1Cl. The lowest BCUT2D eigenvalue weighted by molar-refractivity contribution is 0.199. The van der Waals surface area contributed by atoms with Crippen molar-refractivity contribution in [1.29, 1.82) is 0 Å². The van der Waals surface area contributed by atoms with Crippen molar-refractivity contribution in [3.05, 3.63) is 23.1 Å². The number of furan rings is 1. The first-order valence-corrected chi connectivity index (χ1v) is 4.14. The van der Waals surface area contributed by atoms with Crippen LogP contribution in [0.2, 0.25) is 5.22 Å². The summed E-state index contributed by atoms with van der Waals surface area (Å²) in [7, 11) is 1.67. The van der Waals surface area contributed by atoms with Gasteiger partial charge in [0.25, 0.3) is 0 Å². The van der Waals surface area contributed by atoms with E-state index < -0.39 is 0 Å². The van der Waals surface area contributed by atoms with Gasteiger partial charge in [-0.25, -0.2) is 0 Å². The van der Waals surface area contributed by atoms with Gasteiger partial charge in [-0.3, -0.25) is 0 Å². The largest absolute Gasteiger partial charge is 0.453 e. The van der Waals surface area contributed by atoms with Crippen LogP contribution < -0.4 is 5.32 Å². The zero-order valence-electron chi connectivity index (χ0n) is 6.97. The topological polar surface area (TPSA) is 34.4 Å². The molecule has 0 aliphatic carbocycles. The first-order chi connectivity index (χ1) is 5.84. The Kier molecular flexibility index (Phi) is 4.14. The molecule has 0 bridgehead atoms. The van der Waals surface area contributed by atoms with Crippen LogP contribution in [0.3, 0.4) is 0 Å². The van der Waals surface area contributed by atoms with E-state index in [1.54, 1.807) is 13.4 Å². The predicted octanol–water partition coefficient (Wildman–Crippen LogP) is 1.67. The second kappa shape index (κ2) is 5.19. The Morgan fingerprint density at radius 2 is 2.50 bits per heavy atom. The molecular weight excluding hydrogens is 178 g/mol. The Morgan fingerprint density at radius 3 is 3.08 bits per heavy atom. The minimum absolute atomic E-state index is 0.458. The molecule has 0 amide bonds. The number of halogens is 1. The van der Waals surface area contributed by atoms with Gasteiger partial charge >= 0.3 is 0 Å². The molecule has 0 spiro atoms. The van der Waals surface area contributed by atoms with Gasteiger partial charge in [-0.15, -0.1) is 0 Å². The summed E-state index contributed by atoms with van der Waals surface area (Å²) in [5.41, 5.74) is 0.979. The van der Waals surface area contributed by atoms with E-state index >= 15 is 0 Å². The highest BCUT2D eigenvalue weighted by molar-refractivity contribution is 6.29. The highest BCUT2D eigenvalue weighted by atomic mass is 35.5. The van der Waals surface area contributed by atoms with Gasteiger partial charge < -0.3 is 14.5 Å². The molecule has 1 rings (SSSR count). The van der Waals surface area contributed by atoms with Crippen LogP contribution in [0.1, 0.15) is 5.56 Å². The Morgan fingerprint density at radius 1 is 1.67 bits per heavy atom. The van der Waals surface area contributed by atoms with E-state index in [2.05, 4.69) is 5.32 Å². The molecule has 0 fully saturated rings. The standard InChI is InChI=1S/C8H12ClNO2/c1-11-5-3-10-6-7-2-4-12-8(7)9/h2,4,10H,3,5-6H2,1H3. The minimum atomic E-state index is 0.458. The summed E-state index contributed by atoms with van der Waals surface area (Å²) in [6.07, 6.45) is 1.58. The molecule has 0 aromatic carbocycles. The van der Waals surface area contributed by atoms with Gasteiger partial charge in [0.15, 0.2) is 5.22 Å². The van der Waals surface area contributed by atoms with E-state index in [0.29, 0.717) is 11.8 Å². The molecule has 68 valence electrons. The molecule has 4 heteroatoms. The molecule has 3 nitrogen and oxygen atoms in total. The molecule has 0 radical (unpaired) electrons. The second-order valence-corrected chi connectivity index (χ2v) is 2.73. The molecule has 0 saturated carbocycles. The predicted molar refractivity (Wildman–Crippen MR) is 47.3 cm³/mol. The van der Waals surface area contributed by atoms with Gasteiger partial charge in [0.2, 0.25) is 0 Å². The quantitative estimate of drug-likeness (QED) is 0.716. The number of hydrogen-bond donors (Lipinski definition) is 1. The first-order valence-electron chi connectivity index (χ1n) is 3.76. The molecule has 1 aromatic rings. The number of hydrogen-bond acceptors (Lipinski definition) is 3. The summed E-state index contributed by atoms with van der Waals surface area (Å²) in [5.74, 6) is 0. The molecule has 0 atom stereocenters. The van der Waals surface area contributed by atoms with Crippen LogP contribution in [-0.2, 0) is 11.3 Å². The highest BCUT2D eigenvalue weighted by Crippen LogP contribution is 2.15. The fourth-order valence-electron chi connectivity index (χ4n) is 0.843. The third-order valence-corrected chi connectivity index (χ3v) is 1.82. The molecule has 0 aliphatic heterocycles. The molecule has 12 heavy (non-hydrogen) atoms. The monoisotopic (exact) mass is 189 g/mol. The highest BCUT2D eigenvalue weighted by Gasteiger charge is 2.00. The molecular formula is C8H12ClNO2. The number of nitrogens with one attached hydrogen (secondary N) is 1. The molecule has 1 aromatic heterocycles. The first kappa shape index (κ1) is 9.58. The fraction of sp³-hybridized carbons (Fsp3) is 0.500. The van der Waals surface area contributed by atoms with Crippen molar-refractivity contribution < 1.29 is 9.15 Å². The number of ether oxygens (including phenoxy) is 1. The van der Waals surface area contributed by atoms with Gasteiger partial charge in [0.05, 0.1) is 12.9 Å². The summed E-state index contributed by atoms with van der Waals surface area (Å²) >= 11 is 5.71. The summed E-state index contributed by atoms with van der Waals surface area (Å²) in [6, 6.07) is 1.85. The Balaban J connectivity index is 2.20. The van der Waals surface area contributed by atoms with Crippen LogP contribution >= 0.6 is 11.6 Å². The van der Waals surface area contributed by atoms with Crippen LogP contribution in [0.4, 0.5) is 0 Å². The van der Waals surface area contributed by atoms with Gasteiger partial charge in [-0.1, -0.05) is 0 Å². The van der Waals surface area contributed by atoms with Crippen molar-refractivity contribution in [2.24, 2.45) is 0 Å². The van der Waals surface area contributed by atoms with E-state index in [-0.39, 0.29) is 0 Å². The lowest BCUT2D eigenvalue weighted by Crippen LogP contribution is -2.18. The Hall–Kier alpha value is -0.510. The molecule has 0 unspecified atom stereocenters. The number of rotatable bonds is 5. The van der Waals surface area contributed by atoms with Gasteiger partial charge in [0, 0.05) is 25.8 Å². The van der Waals surface area contributed by atoms with E-state index in [0.717, 1.165) is 18.7 Å². The zero-order valence-corrected chi connectivity index (χ0v) is 7.73. The summed E-state index contributed by atoms with van der Waals surface area (Å²) < 4.78 is 9.79. The van der Waals surface area contributed by atoms with Gasteiger partial charge in [-0.05, 0) is 17.7 Å². The third-order valence-electron chi connectivity index (χ3n) is 1.49. The van der Waals surface area contributed by atoms with Crippen molar-refractivity contribution >= 4 is 11.6 Å². The van der Waals surface area contributed by atoms with Crippen LogP contribution in [-0.4, -0.2) is 20.3 Å². The third kappa shape index (κ3) is 2.85. The maximum absolute atomic E-state index is 5.71. The smallest absolute Gasteiger partial charge is 0.197 e. The minimum Gasteiger partial charge on any atom is -0.453 e. The molecule has 1 heterocycles. The fourth-order valence-corrected chi connectivity index (χ4v) is 1.02. The summed E-state index contributed by atoms with van der Waals surface area (Å²) in [4.78, 5) is 0. The average molecular weight is 190 g/mol. The summed E-state index contributed by atoms with van der Waals surface area (Å²) in [5, 5.41) is 3.62. The Labute approximate surface area is 76.7 Å². The Bertz CT molecular complexity index is 225. The lowest BCUT2D eigenvalue weighted by atomic mass is 10.3. The van der Waals surface area contributed by atoms with Crippen LogP contribution in [0.25, 0.3) is 0 Å². The molecule has 1 N–H and O–H groups in total. The zero-order chi connectivity index (χ0) is 8.81. The lowest BCUT2D eigenvalue weighted by Gasteiger charge is -2.01. The second-order valence-electron chi connectivity index (χ2n) is 2.39. The maximum atomic E-state index is 5.71. The van der Waals surface area contributed by atoms with Gasteiger partial charge in [0.1, 0.15) is 0 Å². The average Bonchev–Trinajstić information content (AvgIpc) is 2.46. The van der Waals surface area contributed by atoms with Crippen molar-refractivity contribution in [1.82, 2.24) is 5.32 Å². The maximum Gasteiger partial charge on any atom is 0.197 e. The summed E-state index contributed by atoms with van der Waals surface area (Å²) in [6.45, 7) is 2.24. The normalized spacial score (nSPS) is 10.5. The van der Waals surface area contributed by atoms with Gasteiger partial charge in [-0.2, -0.15) is 0 Å². The van der Waals surface area contributed by atoms with E-state index in [4.69, 9.17) is 20.8 Å². The van der Waals surface area contributed by atoms with Crippen LogP contribution in [0.15, 0.2) is 16.7 Å². The van der Waals surface area contributed by atoms with E-state index in [9.17, 15) is 0 Å². The van der Waals surface area contributed by atoms with E-state index in [1.807, 2.05) is 6.07 Å². The van der Waals surface area contributed by atoms with Crippen molar-refractivity contribution in [3.8, 4) is 0 Å². The number of methoxy groups -OCH3 is 1.